The van der Waals surface area contributed by atoms with Crippen molar-refractivity contribution in [3.63, 3.8) is 0 Å². The second-order valence-electron chi connectivity index (χ2n) is 6.40. The van der Waals surface area contributed by atoms with E-state index in [2.05, 4.69) is 5.32 Å². The van der Waals surface area contributed by atoms with Crippen molar-refractivity contribution < 1.29 is 19.1 Å². The van der Waals surface area contributed by atoms with E-state index < -0.39 is 6.10 Å². The van der Waals surface area contributed by atoms with Crippen LogP contribution in [0.25, 0.3) is 0 Å². The summed E-state index contributed by atoms with van der Waals surface area (Å²) in [5.74, 6) is 1.20. The van der Waals surface area contributed by atoms with Gasteiger partial charge < -0.3 is 19.7 Å². The van der Waals surface area contributed by atoms with Gasteiger partial charge in [0.1, 0.15) is 6.61 Å². The van der Waals surface area contributed by atoms with Gasteiger partial charge in [-0.15, -0.1) is 0 Å². The number of ether oxygens (including phenoxy) is 2. The van der Waals surface area contributed by atoms with Gasteiger partial charge in [-0.3, -0.25) is 9.59 Å². The molecule has 6 nitrogen and oxygen atoms in total. The third-order valence-corrected chi connectivity index (χ3v) is 4.59. The van der Waals surface area contributed by atoms with Crippen LogP contribution in [0, 0.1) is 0 Å². The largest absolute Gasteiger partial charge is 0.485 e. The number of fused-ring (bicyclic) bond motifs is 1. The molecule has 0 spiro atoms. The predicted molar refractivity (Wildman–Crippen MR) is 96.2 cm³/mol. The Morgan fingerprint density at radius 3 is 2.62 bits per heavy atom. The Bertz CT molecular complexity index is 819. The maximum absolute atomic E-state index is 12.3. The van der Waals surface area contributed by atoms with Crippen molar-refractivity contribution in [2.45, 2.75) is 25.5 Å². The van der Waals surface area contributed by atoms with Crippen molar-refractivity contribution in [2.75, 3.05) is 18.1 Å². The quantitative estimate of drug-likeness (QED) is 0.917. The third kappa shape index (κ3) is 3.35. The molecule has 2 aliphatic rings. The van der Waals surface area contributed by atoms with Crippen LogP contribution in [0.2, 0.25) is 0 Å². The number of amides is 2. The first-order chi connectivity index (χ1) is 12.7. The number of hydrogen-bond donors (Lipinski definition) is 1. The van der Waals surface area contributed by atoms with Crippen LogP contribution in [-0.4, -0.2) is 31.1 Å². The van der Waals surface area contributed by atoms with Gasteiger partial charge in [0.15, 0.2) is 11.5 Å². The number of anilines is 1. The molecule has 1 N–H and O–H groups in total. The number of hydrogen-bond acceptors (Lipinski definition) is 4. The van der Waals surface area contributed by atoms with Crippen molar-refractivity contribution in [1.82, 2.24) is 5.32 Å². The van der Waals surface area contributed by atoms with E-state index in [0.717, 1.165) is 24.2 Å². The number of para-hydroxylation sites is 2. The molecule has 2 aromatic rings. The summed E-state index contributed by atoms with van der Waals surface area (Å²) in [5.41, 5.74) is 1.87. The zero-order valence-electron chi connectivity index (χ0n) is 14.3. The van der Waals surface area contributed by atoms with Crippen molar-refractivity contribution in [3.05, 3.63) is 54.1 Å². The molecule has 6 heteroatoms. The molecule has 0 aromatic heterocycles. The van der Waals surface area contributed by atoms with Gasteiger partial charge in [0.05, 0.1) is 0 Å². The van der Waals surface area contributed by atoms with E-state index in [-0.39, 0.29) is 18.4 Å². The first kappa shape index (κ1) is 16.4. The molecule has 26 heavy (non-hydrogen) atoms. The Morgan fingerprint density at radius 1 is 1.12 bits per heavy atom. The lowest BCUT2D eigenvalue weighted by molar-refractivity contribution is -0.130. The van der Waals surface area contributed by atoms with Crippen LogP contribution >= 0.6 is 0 Å². The topological polar surface area (TPSA) is 67.9 Å². The summed E-state index contributed by atoms with van der Waals surface area (Å²) in [6, 6.07) is 15.0. The van der Waals surface area contributed by atoms with Gasteiger partial charge in [0.25, 0.3) is 5.91 Å². The maximum atomic E-state index is 12.3. The highest BCUT2D eigenvalue weighted by Crippen LogP contribution is 2.30. The van der Waals surface area contributed by atoms with Crippen LogP contribution in [0.5, 0.6) is 11.5 Å². The van der Waals surface area contributed by atoms with E-state index in [1.54, 1.807) is 11.0 Å². The number of benzene rings is 2. The van der Waals surface area contributed by atoms with E-state index >= 15 is 0 Å². The van der Waals surface area contributed by atoms with Crippen molar-refractivity contribution >= 4 is 17.5 Å². The summed E-state index contributed by atoms with van der Waals surface area (Å²) in [4.78, 5) is 25.9. The SMILES string of the molecule is O=C(NCc1ccc(N2CCCC2=O)cc1)C1COc2ccccc2O1. The van der Waals surface area contributed by atoms with Gasteiger partial charge in [-0.1, -0.05) is 24.3 Å². The molecule has 1 fully saturated rings. The molecule has 134 valence electrons. The molecule has 1 saturated heterocycles. The molecule has 0 radical (unpaired) electrons. The average molecular weight is 352 g/mol. The first-order valence-electron chi connectivity index (χ1n) is 8.76. The van der Waals surface area contributed by atoms with Gasteiger partial charge >= 0.3 is 0 Å². The highest BCUT2D eigenvalue weighted by atomic mass is 16.6. The van der Waals surface area contributed by atoms with Gasteiger partial charge in [0.2, 0.25) is 12.0 Å². The molecule has 1 atom stereocenters. The fourth-order valence-electron chi connectivity index (χ4n) is 3.17. The molecule has 2 amide bonds. The van der Waals surface area contributed by atoms with E-state index in [1.807, 2.05) is 42.5 Å². The van der Waals surface area contributed by atoms with Gasteiger partial charge in [0, 0.05) is 25.2 Å². The zero-order chi connectivity index (χ0) is 17.9. The Hall–Kier alpha value is -3.02. The molecule has 2 heterocycles. The van der Waals surface area contributed by atoms with Gasteiger partial charge in [-0.25, -0.2) is 0 Å². The monoisotopic (exact) mass is 352 g/mol. The smallest absolute Gasteiger partial charge is 0.264 e. The number of carbonyl (C=O) groups excluding carboxylic acids is 2. The minimum Gasteiger partial charge on any atom is -0.485 e. The van der Waals surface area contributed by atoms with Crippen LogP contribution in [0.3, 0.4) is 0 Å². The molecule has 2 aliphatic heterocycles. The van der Waals surface area contributed by atoms with Crippen molar-refractivity contribution in [3.8, 4) is 11.5 Å². The number of carbonyl (C=O) groups is 2. The average Bonchev–Trinajstić information content (AvgIpc) is 3.12. The van der Waals surface area contributed by atoms with Crippen LogP contribution in [0.1, 0.15) is 18.4 Å². The lowest BCUT2D eigenvalue weighted by Crippen LogP contribution is -2.43. The molecule has 0 aliphatic carbocycles. The molecular formula is C20H20N2O4. The molecule has 0 bridgehead atoms. The standard InChI is InChI=1S/C20H20N2O4/c23-19-6-3-11-22(19)15-9-7-14(8-10-15)12-21-20(24)18-13-25-16-4-1-2-5-17(16)26-18/h1-2,4-5,7-10,18H,3,6,11-13H2,(H,21,24). The number of rotatable bonds is 4. The van der Waals surface area contributed by atoms with Crippen LogP contribution < -0.4 is 19.7 Å². The predicted octanol–water partition coefficient (Wildman–Crippen LogP) is 2.27. The summed E-state index contributed by atoms with van der Waals surface area (Å²) in [5, 5.41) is 2.87. The highest BCUT2D eigenvalue weighted by molar-refractivity contribution is 5.95. The zero-order valence-corrected chi connectivity index (χ0v) is 14.3. The Morgan fingerprint density at radius 2 is 1.88 bits per heavy atom. The Kier molecular flexibility index (Phi) is 4.48. The van der Waals surface area contributed by atoms with E-state index in [0.29, 0.717) is 24.5 Å². The Balaban J connectivity index is 1.33. The van der Waals surface area contributed by atoms with Crippen molar-refractivity contribution in [2.24, 2.45) is 0 Å². The van der Waals surface area contributed by atoms with Crippen LogP contribution in [0.15, 0.2) is 48.5 Å². The normalized spacial score (nSPS) is 18.7. The van der Waals surface area contributed by atoms with Gasteiger partial charge in [-0.05, 0) is 36.2 Å². The summed E-state index contributed by atoms with van der Waals surface area (Å²) < 4.78 is 11.3. The highest BCUT2D eigenvalue weighted by Gasteiger charge is 2.27. The maximum Gasteiger partial charge on any atom is 0.264 e. The summed E-state index contributed by atoms with van der Waals surface area (Å²) >= 11 is 0. The summed E-state index contributed by atoms with van der Waals surface area (Å²) in [7, 11) is 0. The van der Waals surface area contributed by atoms with Crippen molar-refractivity contribution in [1.29, 1.82) is 0 Å². The van der Waals surface area contributed by atoms with E-state index in [9.17, 15) is 9.59 Å². The fourth-order valence-corrected chi connectivity index (χ4v) is 3.17. The Labute approximate surface area is 151 Å². The third-order valence-electron chi connectivity index (χ3n) is 4.59. The molecule has 2 aromatic carbocycles. The summed E-state index contributed by atoms with van der Waals surface area (Å²) in [6.07, 6.45) is 0.861. The second kappa shape index (κ2) is 7.07. The minimum atomic E-state index is -0.661. The lowest BCUT2D eigenvalue weighted by atomic mass is 10.2. The molecule has 0 saturated carbocycles. The van der Waals surface area contributed by atoms with Gasteiger partial charge in [-0.2, -0.15) is 0 Å². The number of nitrogens with zero attached hydrogens (tertiary/aromatic N) is 1. The first-order valence-corrected chi connectivity index (χ1v) is 8.76. The lowest BCUT2D eigenvalue weighted by Gasteiger charge is -2.25. The van der Waals surface area contributed by atoms with E-state index in [1.165, 1.54) is 0 Å². The molecule has 4 rings (SSSR count). The second-order valence-corrected chi connectivity index (χ2v) is 6.40. The molecule has 1 unspecified atom stereocenters. The molecular weight excluding hydrogens is 332 g/mol. The fraction of sp³-hybridized carbons (Fsp3) is 0.300. The van der Waals surface area contributed by atoms with Crippen LogP contribution in [0.4, 0.5) is 5.69 Å². The van der Waals surface area contributed by atoms with Crippen LogP contribution in [-0.2, 0) is 16.1 Å². The minimum absolute atomic E-state index is 0.167. The summed E-state index contributed by atoms with van der Waals surface area (Å²) in [6.45, 7) is 1.36. The number of nitrogens with one attached hydrogen (secondary N) is 1. The van der Waals surface area contributed by atoms with E-state index in [4.69, 9.17) is 9.47 Å².